The molecule has 2 rings (SSSR count). The summed E-state index contributed by atoms with van der Waals surface area (Å²) in [5, 5.41) is 6.43. The third-order valence-corrected chi connectivity index (χ3v) is 4.15. The third-order valence-electron chi connectivity index (χ3n) is 4.15. The van der Waals surface area contributed by atoms with Gasteiger partial charge in [0.05, 0.1) is 6.21 Å². The fraction of sp³-hybridized carbons (Fsp3) is 0.286. The fourth-order valence-corrected chi connectivity index (χ4v) is 2.62. The van der Waals surface area contributed by atoms with E-state index in [2.05, 4.69) is 34.6 Å². The molecule has 2 aromatic carbocycles. The molecule has 2 aromatic rings. The molecular formula is C21H26N4O2. The van der Waals surface area contributed by atoms with E-state index in [1.54, 1.807) is 0 Å². The minimum Gasteiger partial charge on any atom is -0.372 e. The van der Waals surface area contributed by atoms with Crippen LogP contribution in [-0.2, 0) is 16.0 Å². The van der Waals surface area contributed by atoms with Gasteiger partial charge >= 0.3 is 11.8 Å². The van der Waals surface area contributed by atoms with E-state index in [1.807, 2.05) is 54.6 Å². The first kappa shape index (κ1) is 20.2. The number of anilines is 1. The summed E-state index contributed by atoms with van der Waals surface area (Å²) in [6, 6.07) is 17.6. The highest BCUT2D eigenvalue weighted by atomic mass is 16.2. The Labute approximate surface area is 160 Å². The number of nitrogens with one attached hydrogen (secondary N) is 2. The van der Waals surface area contributed by atoms with Gasteiger partial charge in [-0.3, -0.25) is 9.59 Å². The molecule has 27 heavy (non-hydrogen) atoms. The molecule has 0 unspecified atom stereocenters. The Morgan fingerprint density at radius 3 is 2.26 bits per heavy atom. The van der Waals surface area contributed by atoms with Gasteiger partial charge < -0.3 is 10.2 Å². The lowest BCUT2D eigenvalue weighted by Crippen LogP contribution is -2.38. The minimum absolute atomic E-state index is 0.396. The van der Waals surface area contributed by atoms with Crippen molar-refractivity contribution in [2.75, 3.05) is 24.5 Å². The molecule has 0 spiro atoms. The maximum atomic E-state index is 11.8. The van der Waals surface area contributed by atoms with Gasteiger partial charge in [0.15, 0.2) is 0 Å². The van der Waals surface area contributed by atoms with Crippen LogP contribution in [0.5, 0.6) is 0 Å². The number of nitrogens with zero attached hydrogens (tertiary/aromatic N) is 2. The van der Waals surface area contributed by atoms with Crippen molar-refractivity contribution >= 4 is 23.7 Å². The van der Waals surface area contributed by atoms with Crippen LogP contribution in [0.25, 0.3) is 0 Å². The molecule has 142 valence electrons. The average molecular weight is 366 g/mol. The van der Waals surface area contributed by atoms with Crippen molar-refractivity contribution in [1.29, 1.82) is 0 Å². The van der Waals surface area contributed by atoms with E-state index < -0.39 is 11.8 Å². The van der Waals surface area contributed by atoms with Crippen molar-refractivity contribution < 1.29 is 9.59 Å². The van der Waals surface area contributed by atoms with Gasteiger partial charge in [-0.15, -0.1) is 0 Å². The monoisotopic (exact) mass is 366 g/mol. The van der Waals surface area contributed by atoms with E-state index in [1.165, 1.54) is 6.21 Å². The number of hydrogen-bond donors (Lipinski definition) is 2. The lowest BCUT2D eigenvalue weighted by Gasteiger charge is -2.20. The van der Waals surface area contributed by atoms with E-state index in [-0.39, 0.29) is 0 Å². The predicted octanol–water partition coefficient (Wildman–Crippen LogP) is 2.34. The molecule has 0 atom stereocenters. The number of hydrogen-bond acceptors (Lipinski definition) is 4. The van der Waals surface area contributed by atoms with Crippen molar-refractivity contribution in [3.63, 3.8) is 0 Å². The lowest BCUT2D eigenvalue weighted by molar-refractivity contribution is -0.139. The number of rotatable bonds is 8. The van der Waals surface area contributed by atoms with E-state index in [4.69, 9.17) is 0 Å². The van der Waals surface area contributed by atoms with E-state index in [0.717, 1.165) is 29.9 Å². The maximum Gasteiger partial charge on any atom is 0.329 e. The molecule has 0 bridgehead atoms. The highest BCUT2D eigenvalue weighted by molar-refractivity contribution is 6.35. The Balaban J connectivity index is 1.76. The van der Waals surface area contributed by atoms with Crippen molar-refractivity contribution in [3.8, 4) is 0 Å². The largest absolute Gasteiger partial charge is 0.372 e. The zero-order valence-electron chi connectivity index (χ0n) is 15.8. The molecule has 2 N–H and O–H groups in total. The zero-order valence-corrected chi connectivity index (χ0v) is 15.8. The topological polar surface area (TPSA) is 73.8 Å². The molecule has 0 radical (unpaired) electrons. The van der Waals surface area contributed by atoms with Crippen LogP contribution in [0.15, 0.2) is 59.7 Å². The molecule has 0 fully saturated rings. The third kappa shape index (κ3) is 6.58. The van der Waals surface area contributed by atoms with Crippen LogP contribution >= 0.6 is 0 Å². The molecular weight excluding hydrogens is 340 g/mol. The second-order valence-electron chi connectivity index (χ2n) is 5.95. The zero-order chi connectivity index (χ0) is 19.5. The van der Waals surface area contributed by atoms with Gasteiger partial charge in [0.1, 0.15) is 0 Å². The smallest absolute Gasteiger partial charge is 0.329 e. The summed E-state index contributed by atoms with van der Waals surface area (Å²) >= 11 is 0. The van der Waals surface area contributed by atoms with Crippen molar-refractivity contribution in [1.82, 2.24) is 10.7 Å². The molecule has 0 aliphatic rings. The second kappa shape index (κ2) is 10.8. The number of benzene rings is 2. The first-order valence-electron chi connectivity index (χ1n) is 9.14. The quantitative estimate of drug-likeness (QED) is 0.428. The Morgan fingerprint density at radius 1 is 0.963 bits per heavy atom. The van der Waals surface area contributed by atoms with Gasteiger partial charge in [-0.1, -0.05) is 42.5 Å². The van der Waals surface area contributed by atoms with Crippen LogP contribution in [0.3, 0.4) is 0 Å². The van der Waals surface area contributed by atoms with Crippen molar-refractivity contribution in [2.24, 2.45) is 5.10 Å². The van der Waals surface area contributed by atoms with Crippen LogP contribution in [0, 0.1) is 0 Å². The average Bonchev–Trinajstić information content (AvgIpc) is 2.70. The van der Waals surface area contributed by atoms with Gasteiger partial charge in [-0.2, -0.15) is 5.10 Å². The fourth-order valence-electron chi connectivity index (χ4n) is 2.62. The SMILES string of the molecule is CCN(CC)c1ccc(/C=N\NC(=O)C(=O)NCCc2ccccc2)cc1. The van der Waals surface area contributed by atoms with Crippen molar-refractivity contribution in [3.05, 3.63) is 65.7 Å². The number of amides is 2. The molecule has 6 heteroatoms. The van der Waals surface area contributed by atoms with Crippen LogP contribution in [-0.4, -0.2) is 37.7 Å². The molecule has 2 amide bonds. The van der Waals surface area contributed by atoms with E-state index in [0.29, 0.717) is 13.0 Å². The maximum absolute atomic E-state index is 11.8. The molecule has 0 aromatic heterocycles. The van der Waals surface area contributed by atoms with Crippen LogP contribution in [0.1, 0.15) is 25.0 Å². The molecule has 6 nitrogen and oxygen atoms in total. The summed E-state index contributed by atoms with van der Waals surface area (Å²) in [6.07, 6.45) is 2.18. The van der Waals surface area contributed by atoms with Gasteiger partial charge in [0.2, 0.25) is 0 Å². The first-order valence-corrected chi connectivity index (χ1v) is 9.14. The molecule has 0 aliphatic carbocycles. The standard InChI is InChI=1S/C21H26N4O2/c1-3-25(4-2)19-12-10-18(11-13-19)16-23-24-21(27)20(26)22-15-14-17-8-6-5-7-9-17/h5-13,16H,3-4,14-15H2,1-2H3,(H,22,26)(H,24,27)/b23-16-. The Kier molecular flexibility index (Phi) is 8.03. The normalized spacial score (nSPS) is 10.6. The minimum atomic E-state index is -0.779. The lowest BCUT2D eigenvalue weighted by atomic mass is 10.1. The van der Waals surface area contributed by atoms with Crippen molar-refractivity contribution in [2.45, 2.75) is 20.3 Å². The highest BCUT2D eigenvalue weighted by Gasteiger charge is 2.11. The highest BCUT2D eigenvalue weighted by Crippen LogP contribution is 2.13. The summed E-state index contributed by atoms with van der Waals surface area (Å²) in [4.78, 5) is 25.8. The predicted molar refractivity (Wildman–Crippen MR) is 109 cm³/mol. The number of carbonyl (C=O) groups excluding carboxylic acids is 2. The Bertz CT molecular complexity index is 754. The van der Waals surface area contributed by atoms with Gasteiger partial charge in [-0.25, -0.2) is 5.43 Å². The molecule has 0 saturated heterocycles. The van der Waals surface area contributed by atoms with Crippen LogP contribution in [0.2, 0.25) is 0 Å². The summed E-state index contributed by atoms with van der Waals surface area (Å²) in [5.41, 5.74) is 5.33. The number of hydrazone groups is 1. The summed E-state index contributed by atoms with van der Waals surface area (Å²) in [7, 11) is 0. The van der Waals surface area contributed by atoms with Gasteiger partial charge in [-0.05, 0) is 43.5 Å². The second-order valence-corrected chi connectivity index (χ2v) is 5.95. The van der Waals surface area contributed by atoms with Crippen LogP contribution < -0.4 is 15.6 Å². The first-order chi connectivity index (χ1) is 13.1. The van der Waals surface area contributed by atoms with E-state index >= 15 is 0 Å². The molecule has 0 aliphatic heterocycles. The summed E-state index contributed by atoms with van der Waals surface area (Å²) < 4.78 is 0. The van der Waals surface area contributed by atoms with Gasteiger partial charge in [0.25, 0.3) is 0 Å². The number of carbonyl (C=O) groups is 2. The summed E-state index contributed by atoms with van der Waals surface area (Å²) in [5.74, 6) is -1.47. The Morgan fingerprint density at radius 2 is 1.63 bits per heavy atom. The van der Waals surface area contributed by atoms with Gasteiger partial charge in [0, 0.05) is 25.3 Å². The van der Waals surface area contributed by atoms with Crippen LogP contribution in [0.4, 0.5) is 5.69 Å². The molecule has 0 saturated carbocycles. The van der Waals surface area contributed by atoms with E-state index in [9.17, 15) is 9.59 Å². The summed E-state index contributed by atoms with van der Waals surface area (Å²) in [6.45, 7) is 6.50. The molecule has 0 heterocycles. The Hall–Kier alpha value is -3.15.